The molecule has 0 fully saturated rings. The third kappa shape index (κ3) is 14.0. The van der Waals surface area contributed by atoms with Gasteiger partial charge in [0.15, 0.2) is 0 Å². The van der Waals surface area contributed by atoms with Crippen molar-refractivity contribution in [2.75, 3.05) is 0 Å². The van der Waals surface area contributed by atoms with Crippen LogP contribution in [0.25, 0.3) is 134 Å². The monoisotopic (exact) mass is 1730 g/mol. The predicted octanol–water partition coefficient (Wildman–Crippen LogP) is 30.7. The molecule has 132 heavy (non-hydrogen) atoms. The van der Waals surface area contributed by atoms with Gasteiger partial charge in [0.25, 0.3) is 0 Å². The van der Waals surface area contributed by atoms with Gasteiger partial charge in [-0.2, -0.15) is 0 Å². The Bertz CT molecular complexity index is 8050. The number of fused-ring (bicyclic) bond motifs is 18. The number of rotatable bonds is 6. The van der Waals surface area contributed by atoms with Crippen LogP contribution in [-0.2, 0) is 0 Å². The van der Waals surface area contributed by atoms with E-state index in [9.17, 15) is 0 Å². The largest absolute Gasteiger partial charge is 0.302 e. The molecule has 0 N–H and O–H groups in total. The van der Waals surface area contributed by atoms with Crippen LogP contribution in [0.5, 0.6) is 0 Å². The van der Waals surface area contributed by atoms with E-state index < -0.39 is 0 Å². The lowest BCUT2D eigenvalue weighted by molar-refractivity contribution is 0.979. The average molecular weight is 1730 g/mol. The topological polar surface area (TPSA) is 56.0 Å². The van der Waals surface area contributed by atoms with Gasteiger partial charge in [0.2, 0.25) is 0 Å². The first kappa shape index (κ1) is 86.5. The summed E-state index contributed by atoms with van der Waals surface area (Å²) in [6.07, 6.45) is 8.80. The smallest absolute Gasteiger partial charge is 0.129 e. The Morgan fingerprint density at radius 3 is 0.697 bits per heavy atom. The molecule has 0 unspecified atom stereocenters. The van der Waals surface area contributed by atoms with Crippen LogP contribution in [0.15, 0.2) is 292 Å². The lowest BCUT2D eigenvalue weighted by Crippen LogP contribution is -2.04. The van der Waals surface area contributed by atoms with E-state index in [1.54, 1.807) is 0 Å². The lowest BCUT2D eigenvalue weighted by Gasteiger charge is -2.15. The molecule has 14 heterocycles. The zero-order chi connectivity index (χ0) is 92.6. The molecule has 0 bridgehead atoms. The summed E-state index contributed by atoms with van der Waals surface area (Å²) in [6, 6.07) is 95.6. The molecular formula is C120H120N12. The second-order valence-corrected chi connectivity index (χ2v) is 37.1. The van der Waals surface area contributed by atoms with Crippen LogP contribution < -0.4 is 0 Å². The Morgan fingerprint density at radius 2 is 0.409 bits per heavy atom. The molecule has 0 spiro atoms. The lowest BCUT2D eigenvalue weighted by atomic mass is 10.1. The number of para-hydroxylation sites is 14. The number of hydrogen-bond acceptors (Lipinski definition) is 0. The molecule has 12 nitrogen and oxygen atoms in total. The summed E-state index contributed by atoms with van der Waals surface area (Å²) in [5.41, 5.74) is 59.7. The summed E-state index contributed by atoms with van der Waals surface area (Å²) < 4.78 is 28.5. The number of nitrogens with zero attached hydrogens (tertiary/aromatic N) is 12. The minimum atomic E-state index is 1.24. The zero-order valence-corrected chi connectivity index (χ0v) is 81.1. The van der Waals surface area contributed by atoms with Crippen LogP contribution >= 0.6 is 0 Å². The molecule has 0 atom stereocenters. The van der Waals surface area contributed by atoms with Crippen molar-refractivity contribution in [2.45, 2.75) is 166 Å². The van der Waals surface area contributed by atoms with Crippen molar-refractivity contribution in [1.82, 2.24) is 53.8 Å². The number of aromatic nitrogens is 12. The van der Waals surface area contributed by atoms with Crippen molar-refractivity contribution in [3.8, 4) is 34.1 Å². The zero-order valence-electron chi connectivity index (χ0n) is 81.1. The van der Waals surface area contributed by atoms with Gasteiger partial charge in [0.1, 0.15) is 33.9 Å². The van der Waals surface area contributed by atoms with E-state index in [0.717, 1.165) is 0 Å². The normalized spacial score (nSPS) is 11.6. The van der Waals surface area contributed by atoms with Crippen LogP contribution in [0, 0.1) is 166 Å². The van der Waals surface area contributed by atoms with E-state index in [1.807, 2.05) is 0 Å². The van der Waals surface area contributed by atoms with E-state index in [2.05, 4.69) is 512 Å². The summed E-state index contributed by atoms with van der Waals surface area (Å²) in [5, 5.41) is 2.68. The highest BCUT2D eigenvalue weighted by atomic mass is 15.2. The predicted molar refractivity (Wildman–Crippen MR) is 559 cm³/mol. The van der Waals surface area contributed by atoms with Crippen LogP contribution in [0.3, 0.4) is 0 Å². The van der Waals surface area contributed by atoms with Crippen LogP contribution in [0.2, 0.25) is 0 Å². The third-order valence-electron chi connectivity index (χ3n) is 28.6. The highest BCUT2D eigenvalue weighted by molar-refractivity contribution is 5.95. The minimum absolute atomic E-state index is 1.24. The van der Waals surface area contributed by atoms with Gasteiger partial charge in [-0.05, 0) is 375 Å². The Hall–Kier alpha value is -14.9. The molecule has 12 heteroatoms. The maximum atomic E-state index is 2.42. The van der Waals surface area contributed by atoms with Gasteiger partial charge >= 0.3 is 0 Å². The van der Waals surface area contributed by atoms with Crippen LogP contribution in [0.1, 0.15) is 134 Å². The van der Waals surface area contributed by atoms with Gasteiger partial charge in [-0.1, -0.05) is 170 Å². The van der Waals surface area contributed by atoms with E-state index in [1.165, 1.54) is 268 Å². The highest BCUT2D eigenvalue weighted by Crippen LogP contribution is 2.41. The Labute approximate surface area is 774 Å². The second-order valence-electron chi connectivity index (χ2n) is 37.1. The molecule has 0 radical (unpaired) electrons. The SMILES string of the molecule is Cc1cccc(C)c1-n1c(C)c(C)c2cc3ccccn3c21.Cc1cccc(C)c1-n1c(C)c(C)c2cc3ccccn3c21.Cc1cccc(C)c1-n1c2ccccc2n2c(C)c(C)cc12.Cc1cccc(C)c1-n1c2ccccc2n2c(C)c(C)cc12.Cc1cccc(C)c1-n1c2ccccc2n2cc(C)c(C)c12.Cc1cccc(C)c1-n1c2ccccc2n2cc(C)c(C)c12. The Kier molecular flexibility index (Phi) is 22.2. The summed E-state index contributed by atoms with van der Waals surface area (Å²) in [7, 11) is 0. The fourth-order valence-corrected chi connectivity index (χ4v) is 21.3. The van der Waals surface area contributed by atoms with Crippen molar-refractivity contribution in [3.63, 3.8) is 0 Å². The van der Waals surface area contributed by atoms with Crippen molar-refractivity contribution >= 4 is 99.8 Å². The number of hydrogen-bond donors (Lipinski definition) is 0. The van der Waals surface area contributed by atoms with Crippen molar-refractivity contribution in [3.05, 3.63) is 426 Å². The molecule has 0 aliphatic rings. The van der Waals surface area contributed by atoms with Crippen molar-refractivity contribution in [1.29, 1.82) is 0 Å². The number of imidazole rings is 4. The van der Waals surface area contributed by atoms with Gasteiger partial charge in [-0.15, -0.1) is 0 Å². The third-order valence-corrected chi connectivity index (χ3v) is 28.6. The molecule has 14 aromatic heterocycles. The quantitative estimate of drug-likeness (QED) is 0.159. The van der Waals surface area contributed by atoms with Crippen molar-refractivity contribution < 1.29 is 0 Å². The molecule has 0 amide bonds. The van der Waals surface area contributed by atoms with E-state index >= 15 is 0 Å². The minimum Gasteiger partial charge on any atom is -0.302 e. The highest BCUT2D eigenvalue weighted by Gasteiger charge is 2.26. The number of aryl methyl sites for hydroxylation is 22. The molecule has 24 aromatic rings. The molecule has 24 rings (SSSR count). The van der Waals surface area contributed by atoms with E-state index in [0.29, 0.717) is 0 Å². The first-order chi connectivity index (χ1) is 63.6. The number of pyridine rings is 2. The van der Waals surface area contributed by atoms with Gasteiger partial charge in [0, 0.05) is 69.4 Å². The second kappa shape index (κ2) is 33.9. The molecule has 0 aliphatic carbocycles. The first-order valence-corrected chi connectivity index (χ1v) is 46.4. The van der Waals surface area contributed by atoms with Crippen LogP contribution in [0.4, 0.5) is 0 Å². The molecule has 0 aliphatic heterocycles. The molecule has 10 aromatic carbocycles. The Balaban J connectivity index is 0.000000102. The van der Waals surface area contributed by atoms with Gasteiger partial charge in [0.05, 0.1) is 78.3 Å². The molecule has 0 saturated heterocycles. The Morgan fingerprint density at radius 1 is 0.167 bits per heavy atom. The summed E-state index contributed by atoms with van der Waals surface area (Å²) in [6.45, 7) is 52.8. The van der Waals surface area contributed by atoms with Gasteiger partial charge in [-0.25, -0.2) is 0 Å². The molecule has 660 valence electrons. The average Bonchev–Trinajstić information content (AvgIpc) is 1.62. The molecule has 0 saturated carbocycles. The van der Waals surface area contributed by atoms with E-state index in [-0.39, 0.29) is 0 Å². The maximum absolute atomic E-state index is 2.42. The summed E-state index contributed by atoms with van der Waals surface area (Å²) in [5.74, 6) is 0. The summed E-state index contributed by atoms with van der Waals surface area (Å²) in [4.78, 5) is 0. The van der Waals surface area contributed by atoms with Gasteiger partial charge < -0.3 is 17.6 Å². The van der Waals surface area contributed by atoms with Crippen LogP contribution in [-0.4, -0.2) is 53.8 Å². The maximum Gasteiger partial charge on any atom is 0.129 e. The number of benzene rings is 10. The first-order valence-electron chi connectivity index (χ1n) is 46.4. The van der Waals surface area contributed by atoms with Crippen molar-refractivity contribution in [2.24, 2.45) is 0 Å². The fourth-order valence-electron chi connectivity index (χ4n) is 21.3. The fraction of sp³-hybridized carbons (Fsp3) is 0.200. The van der Waals surface area contributed by atoms with Gasteiger partial charge in [-0.3, -0.25) is 36.2 Å². The molecular weight excluding hydrogens is 1610 g/mol. The summed E-state index contributed by atoms with van der Waals surface area (Å²) >= 11 is 0. The van der Waals surface area contributed by atoms with E-state index in [4.69, 9.17) is 0 Å². The standard InChI is InChI=1S/6C20H20N2/c2*1-13-8-7-9-14(2)19(13)22-16(4)15(3)18-12-17-10-5-6-11-21(17)20(18)22;2*1-13-8-7-9-14(2)19(13)22-18-11-6-5-10-17(18)21-12-15(3)16(4)20(21)22;2*1-13-8-7-9-14(2)20(13)22-18-11-6-5-10-17(18)21-16(4)15(3)12-19(21)22/h6*5-12H,1-4H3.